The number of nitrogens with one attached hydrogen (secondary N) is 1. The van der Waals surface area contributed by atoms with Gasteiger partial charge in [0.05, 0.1) is 35.7 Å². The predicted octanol–water partition coefficient (Wildman–Crippen LogP) is 3.78. The van der Waals surface area contributed by atoms with Gasteiger partial charge in [-0.05, 0) is 37.3 Å². The highest BCUT2D eigenvalue weighted by atomic mass is 19.3. The number of aromatic carboxylic acids is 1. The van der Waals surface area contributed by atoms with Gasteiger partial charge in [0.25, 0.3) is 5.56 Å². The number of rotatable bonds is 6. The number of nitrogens with zero attached hydrogens (tertiary/aromatic N) is 3. The molecule has 1 aliphatic rings. The number of ether oxygens (including phenoxy) is 1. The molecule has 180 valence electrons. The van der Waals surface area contributed by atoms with Gasteiger partial charge in [0, 0.05) is 24.3 Å². The molecule has 34 heavy (non-hydrogen) atoms. The van der Waals surface area contributed by atoms with E-state index in [2.05, 4.69) is 10.3 Å². The Balaban J connectivity index is 1.87. The molecule has 2 heterocycles. The van der Waals surface area contributed by atoms with Crippen LogP contribution < -0.4 is 15.8 Å². The highest BCUT2D eigenvalue weighted by Gasteiger charge is 2.26. The van der Waals surface area contributed by atoms with E-state index in [-0.39, 0.29) is 64.5 Å². The fourth-order valence-electron chi connectivity index (χ4n) is 3.91. The van der Waals surface area contributed by atoms with Crippen LogP contribution in [0.2, 0.25) is 0 Å². The SMILES string of the molecule is C[C@@H](Nc1ccc(F)cc1C(=O)O)c1cc(F)cc2c(=O)n(C(F)F)c(N3CCOCC3)nc12. The zero-order valence-corrected chi connectivity index (χ0v) is 17.9. The topological polar surface area (TPSA) is 96.7 Å². The molecule has 8 nitrogen and oxygen atoms in total. The number of anilines is 2. The number of hydrogen-bond donors (Lipinski definition) is 2. The van der Waals surface area contributed by atoms with Crippen molar-refractivity contribution in [1.82, 2.24) is 9.55 Å². The summed E-state index contributed by atoms with van der Waals surface area (Å²) in [5.74, 6) is -3.27. The molecule has 1 saturated heterocycles. The van der Waals surface area contributed by atoms with Crippen LogP contribution in [0.5, 0.6) is 0 Å². The van der Waals surface area contributed by atoms with Crippen LogP contribution in [0.4, 0.5) is 29.2 Å². The average Bonchev–Trinajstić information content (AvgIpc) is 2.80. The molecule has 3 aromatic rings. The lowest BCUT2D eigenvalue weighted by atomic mass is 10.0. The molecule has 12 heteroatoms. The predicted molar refractivity (Wildman–Crippen MR) is 116 cm³/mol. The maximum atomic E-state index is 14.5. The van der Waals surface area contributed by atoms with E-state index in [4.69, 9.17) is 4.74 Å². The first-order chi connectivity index (χ1) is 16.2. The van der Waals surface area contributed by atoms with Crippen LogP contribution in [0.15, 0.2) is 35.1 Å². The summed E-state index contributed by atoms with van der Waals surface area (Å²) < 4.78 is 61.1. The molecule has 1 fully saturated rings. The molecule has 1 aliphatic heterocycles. The van der Waals surface area contributed by atoms with E-state index >= 15 is 0 Å². The second-order valence-electron chi connectivity index (χ2n) is 7.72. The highest BCUT2D eigenvalue weighted by Crippen LogP contribution is 2.30. The van der Waals surface area contributed by atoms with Crippen molar-refractivity contribution in [3.8, 4) is 0 Å². The monoisotopic (exact) mass is 480 g/mol. The minimum atomic E-state index is -3.21. The Kier molecular flexibility index (Phi) is 6.42. The van der Waals surface area contributed by atoms with Crippen LogP contribution >= 0.6 is 0 Å². The normalized spacial score (nSPS) is 15.1. The third-order valence-corrected chi connectivity index (χ3v) is 5.52. The van der Waals surface area contributed by atoms with Gasteiger partial charge in [0.15, 0.2) is 0 Å². The molecule has 0 unspecified atom stereocenters. The molecule has 4 rings (SSSR count). The Labute approximate surface area is 190 Å². The first-order valence-electron chi connectivity index (χ1n) is 10.3. The van der Waals surface area contributed by atoms with Crippen LogP contribution in [0.25, 0.3) is 10.9 Å². The van der Waals surface area contributed by atoms with Gasteiger partial charge >= 0.3 is 12.5 Å². The van der Waals surface area contributed by atoms with Crippen molar-refractivity contribution >= 4 is 28.5 Å². The van der Waals surface area contributed by atoms with Gasteiger partial charge in [0.1, 0.15) is 11.6 Å². The summed E-state index contributed by atoms with van der Waals surface area (Å²) >= 11 is 0. The average molecular weight is 480 g/mol. The number of carboxylic acid groups (broad SMARTS) is 1. The van der Waals surface area contributed by atoms with Gasteiger partial charge in [-0.2, -0.15) is 8.78 Å². The molecule has 0 radical (unpaired) electrons. The van der Waals surface area contributed by atoms with Crippen LogP contribution in [0.3, 0.4) is 0 Å². The van der Waals surface area contributed by atoms with Crippen molar-refractivity contribution in [3.63, 3.8) is 0 Å². The zero-order valence-electron chi connectivity index (χ0n) is 17.9. The Bertz CT molecular complexity index is 1310. The zero-order chi connectivity index (χ0) is 24.6. The van der Waals surface area contributed by atoms with Gasteiger partial charge < -0.3 is 20.1 Å². The van der Waals surface area contributed by atoms with Crippen LogP contribution in [0, 0.1) is 11.6 Å². The van der Waals surface area contributed by atoms with Gasteiger partial charge in [-0.25, -0.2) is 23.1 Å². The number of alkyl halides is 2. The smallest absolute Gasteiger partial charge is 0.337 e. The Hall–Kier alpha value is -3.67. The molecule has 1 atom stereocenters. The second-order valence-corrected chi connectivity index (χ2v) is 7.72. The van der Waals surface area contributed by atoms with Crippen molar-refractivity contribution in [2.45, 2.75) is 19.5 Å². The Morgan fingerprint density at radius 1 is 1.15 bits per heavy atom. The molecule has 1 aromatic heterocycles. The van der Waals surface area contributed by atoms with Crippen LogP contribution in [0.1, 0.15) is 35.4 Å². The summed E-state index contributed by atoms with van der Waals surface area (Å²) in [5.41, 5.74) is -1.28. The number of halogens is 4. The van der Waals surface area contributed by atoms with Crippen molar-refractivity contribution in [1.29, 1.82) is 0 Å². The van der Waals surface area contributed by atoms with Crippen molar-refractivity contribution in [2.75, 3.05) is 36.5 Å². The molecule has 0 saturated carbocycles. The molecular formula is C22H20F4N4O4. The molecule has 2 N–H and O–H groups in total. The fourth-order valence-corrected chi connectivity index (χ4v) is 3.91. The van der Waals surface area contributed by atoms with E-state index in [1.54, 1.807) is 6.92 Å². The summed E-state index contributed by atoms with van der Waals surface area (Å²) in [5, 5.41) is 11.9. The number of carbonyl (C=O) groups is 1. The molecule has 0 aliphatic carbocycles. The standard InChI is InChI=1S/C22H20F4N4O4/c1-11(27-17-3-2-12(23)8-15(17)20(32)33)14-9-13(24)10-16-18(14)28-22(29-4-6-34-7-5-29)30(19(16)31)21(25)26/h2-3,8-11,21,27H,4-7H2,1H3,(H,32,33)/t11-/m1/s1. The highest BCUT2D eigenvalue weighted by molar-refractivity contribution is 5.94. The van der Waals surface area contributed by atoms with Crippen molar-refractivity contribution < 1.29 is 32.2 Å². The molecular weight excluding hydrogens is 460 g/mol. The molecule has 2 aromatic carbocycles. The van der Waals surface area contributed by atoms with Gasteiger partial charge in [-0.3, -0.25) is 4.79 Å². The fraction of sp³-hybridized carbons (Fsp3) is 0.318. The summed E-state index contributed by atoms with van der Waals surface area (Å²) in [6.07, 6.45) is 0. The van der Waals surface area contributed by atoms with Crippen molar-refractivity contribution in [2.24, 2.45) is 0 Å². The quantitative estimate of drug-likeness (QED) is 0.519. The minimum absolute atomic E-state index is 0.0104. The molecule has 0 spiro atoms. The second kappa shape index (κ2) is 9.29. The lowest BCUT2D eigenvalue weighted by Gasteiger charge is -2.30. The van der Waals surface area contributed by atoms with E-state index in [9.17, 15) is 32.3 Å². The number of hydrogen-bond acceptors (Lipinski definition) is 6. The summed E-state index contributed by atoms with van der Waals surface area (Å²) in [7, 11) is 0. The Morgan fingerprint density at radius 2 is 1.85 bits per heavy atom. The summed E-state index contributed by atoms with van der Waals surface area (Å²) in [6.45, 7) is -0.680. The van der Waals surface area contributed by atoms with E-state index in [0.29, 0.717) is 0 Å². The maximum Gasteiger partial charge on any atom is 0.337 e. The first kappa shape index (κ1) is 23.5. The number of fused-ring (bicyclic) bond motifs is 1. The first-order valence-corrected chi connectivity index (χ1v) is 10.3. The van der Waals surface area contributed by atoms with Gasteiger partial charge in [-0.1, -0.05) is 0 Å². The van der Waals surface area contributed by atoms with Crippen LogP contribution in [-0.4, -0.2) is 46.9 Å². The van der Waals surface area contributed by atoms with E-state index < -0.39 is 35.8 Å². The lowest BCUT2D eigenvalue weighted by Crippen LogP contribution is -2.41. The third-order valence-electron chi connectivity index (χ3n) is 5.52. The molecule has 0 amide bonds. The summed E-state index contributed by atoms with van der Waals surface area (Å²) in [6, 6.07) is 4.20. The number of morpholine rings is 1. The molecule has 0 bridgehead atoms. The van der Waals surface area contributed by atoms with E-state index in [0.717, 1.165) is 24.3 Å². The van der Waals surface area contributed by atoms with Gasteiger partial charge in [0.2, 0.25) is 5.95 Å². The summed E-state index contributed by atoms with van der Waals surface area (Å²) in [4.78, 5) is 30.3. The minimum Gasteiger partial charge on any atom is -0.478 e. The third kappa shape index (κ3) is 4.40. The van der Waals surface area contributed by atoms with Crippen LogP contribution in [-0.2, 0) is 4.74 Å². The number of benzene rings is 2. The maximum absolute atomic E-state index is 14.5. The van der Waals surface area contributed by atoms with E-state index in [1.165, 1.54) is 11.0 Å². The number of aromatic nitrogens is 2. The Morgan fingerprint density at radius 3 is 2.50 bits per heavy atom. The lowest BCUT2D eigenvalue weighted by molar-refractivity contribution is 0.0649. The number of carboxylic acids is 1. The van der Waals surface area contributed by atoms with Gasteiger partial charge in [-0.15, -0.1) is 0 Å². The van der Waals surface area contributed by atoms with Crippen molar-refractivity contribution in [3.05, 3.63) is 63.4 Å². The van der Waals surface area contributed by atoms with E-state index in [1.807, 2.05) is 0 Å². The largest absolute Gasteiger partial charge is 0.478 e.